The van der Waals surface area contributed by atoms with E-state index in [1.54, 1.807) is 30.3 Å². The van der Waals surface area contributed by atoms with Crippen molar-refractivity contribution in [3.05, 3.63) is 92.8 Å². The van der Waals surface area contributed by atoms with Crippen molar-refractivity contribution in [1.29, 1.82) is 0 Å². The zero-order valence-corrected chi connectivity index (χ0v) is 22.2. The molecule has 0 saturated carbocycles. The third-order valence-corrected chi connectivity index (χ3v) is 8.78. The summed E-state index contributed by atoms with van der Waals surface area (Å²) in [7, 11) is 0. The molecule has 1 fully saturated rings. The number of hydrogen-bond donors (Lipinski definition) is 1. The second-order valence-electron chi connectivity index (χ2n) is 10.2. The first kappa shape index (κ1) is 25.3. The number of fused-ring (bicyclic) bond motifs is 3. The van der Waals surface area contributed by atoms with Gasteiger partial charge in [0.1, 0.15) is 0 Å². The van der Waals surface area contributed by atoms with Crippen LogP contribution in [0.4, 0.5) is 10.1 Å². The molecule has 0 bridgehead atoms. The molecular formula is C30H21BrFNO6. The van der Waals surface area contributed by atoms with Crippen LogP contribution in [0, 0.1) is 23.6 Å². The second kappa shape index (κ2) is 9.05. The van der Waals surface area contributed by atoms with Crippen LogP contribution in [-0.4, -0.2) is 34.3 Å². The van der Waals surface area contributed by atoms with Crippen molar-refractivity contribution in [2.45, 2.75) is 25.7 Å². The zero-order chi connectivity index (χ0) is 27.7. The van der Waals surface area contributed by atoms with E-state index in [1.165, 1.54) is 25.1 Å². The van der Waals surface area contributed by atoms with E-state index >= 15 is 0 Å². The molecule has 39 heavy (non-hydrogen) atoms. The summed E-state index contributed by atoms with van der Waals surface area (Å²) in [5, 5.41) is 10.7. The molecule has 1 saturated heterocycles. The Morgan fingerprint density at radius 1 is 1.03 bits per heavy atom. The maximum atomic E-state index is 14.5. The van der Waals surface area contributed by atoms with E-state index < -0.39 is 52.7 Å². The van der Waals surface area contributed by atoms with E-state index in [1.807, 2.05) is 0 Å². The normalized spacial score (nSPS) is 26.2. The first-order valence-corrected chi connectivity index (χ1v) is 13.2. The lowest BCUT2D eigenvalue weighted by Crippen LogP contribution is -2.39. The average molecular weight is 590 g/mol. The van der Waals surface area contributed by atoms with Crippen molar-refractivity contribution in [2.75, 3.05) is 4.90 Å². The Morgan fingerprint density at radius 3 is 2.44 bits per heavy atom. The molecule has 2 aromatic rings. The van der Waals surface area contributed by atoms with E-state index in [4.69, 9.17) is 0 Å². The number of aromatic hydroxyl groups is 1. The Balaban J connectivity index is 1.47. The summed E-state index contributed by atoms with van der Waals surface area (Å²) in [6.45, 7) is 1.42. The van der Waals surface area contributed by atoms with E-state index in [9.17, 15) is 33.5 Å². The van der Waals surface area contributed by atoms with Gasteiger partial charge in [0.05, 0.1) is 22.0 Å². The lowest BCUT2D eigenvalue weighted by atomic mass is 9.59. The summed E-state index contributed by atoms with van der Waals surface area (Å²) >= 11 is 3.16. The summed E-state index contributed by atoms with van der Waals surface area (Å²) in [4.78, 5) is 66.7. The largest absolute Gasteiger partial charge is 0.505 e. The third-order valence-electron chi connectivity index (χ3n) is 8.19. The molecule has 4 atom stereocenters. The first-order chi connectivity index (χ1) is 18.6. The number of Topliss-reactive ketones (excluding diaryl/α,β-unsaturated/α-hetero) is 2. The third kappa shape index (κ3) is 3.71. The molecule has 6 rings (SSSR count). The molecule has 7 nitrogen and oxygen atoms in total. The smallest absolute Gasteiger partial charge is 0.238 e. The van der Waals surface area contributed by atoms with Crippen molar-refractivity contribution in [2.24, 2.45) is 17.8 Å². The molecule has 3 aliphatic carbocycles. The van der Waals surface area contributed by atoms with Gasteiger partial charge in [0.25, 0.3) is 0 Å². The van der Waals surface area contributed by atoms with Crippen molar-refractivity contribution >= 4 is 50.8 Å². The summed E-state index contributed by atoms with van der Waals surface area (Å²) in [5.74, 6) is -6.39. The lowest BCUT2D eigenvalue weighted by Gasteiger charge is -2.42. The van der Waals surface area contributed by atoms with Crippen LogP contribution in [0.25, 0.3) is 0 Å². The Labute approximate surface area is 230 Å². The molecule has 0 unspecified atom stereocenters. The van der Waals surface area contributed by atoms with Gasteiger partial charge in [0.2, 0.25) is 11.8 Å². The fraction of sp³-hybridized carbons (Fsp3) is 0.233. The Kier molecular flexibility index (Phi) is 5.87. The number of ketones is 3. The number of carbonyl (C=O) groups is 5. The minimum atomic E-state index is -0.949. The summed E-state index contributed by atoms with van der Waals surface area (Å²) in [5.41, 5.74) is 1.86. The molecule has 196 valence electrons. The average Bonchev–Trinajstić information content (AvgIpc) is 3.17. The standard InChI is InChI=1S/C30H21BrFNO6/c1-13(34)14-5-7-15(8-6-14)33-29(38)18-10-9-16-19(25(18)30(33)39)11-20-26(23(35)12-21(31)27(20)36)24(16)17-3-2-4-22(32)28(17)37/h2-9,12,18-19,24-25,37H,10-11H2,1H3/t18-,19+,24+,25-/m0/s1. The van der Waals surface area contributed by atoms with Gasteiger partial charge in [-0.3, -0.25) is 28.9 Å². The van der Waals surface area contributed by atoms with Crippen LogP contribution in [0.2, 0.25) is 0 Å². The van der Waals surface area contributed by atoms with Gasteiger partial charge in [-0.15, -0.1) is 0 Å². The highest BCUT2D eigenvalue weighted by molar-refractivity contribution is 9.12. The van der Waals surface area contributed by atoms with E-state index in [-0.39, 0.29) is 45.7 Å². The molecule has 2 amide bonds. The number of nitrogens with zero attached hydrogens (tertiary/aromatic N) is 1. The van der Waals surface area contributed by atoms with Crippen LogP contribution in [0.5, 0.6) is 5.75 Å². The molecular weight excluding hydrogens is 569 g/mol. The monoisotopic (exact) mass is 589 g/mol. The predicted octanol–water partition coefficient (Wildman–Crippen LogP) is 4.70. The van der Waals surface area contributed by atoms with Gasteiger partial charge in [-0.05, 0) is 71.9 Å². The molecule has 2 aromatic carbocycles. The number of benzene rings is 2. The zero-order valence-electron chi connectivity index (χ0n) is 20.6. The van der Waals surface area contributed by atoms with Gasteiger partial charge < -0.3 is 5.11 Å². The van der Waals surface area contributed by atoms with Crippen molar-refractivity contribution in [3.63, 3.8) is 0 Å². The number of phenolic OH excluding ortho intramolecular Hbond substituents is 1. The second-order valence-corrected chi connectivity index (χ2v) is 11.0. The number of carbonyl (C=O) groups excluding carboxylic acids is 5. The number of imide groups is 1. The van der Waals surface area contributed by atoms with E-state index in [0.717, 1.165) is 11.0 Å². The van der Waals surface area contributed by atoms with Gasteiger partial charge in [0.15, 0.2) is 28.9 Å². The molecule has 0 spiro atoms. The number of rotatable bonds is 3. The molecule has 9 heteroatoms. The number of allylic oxidation sites excluding steroid dienone is 6. The van der Waals surface area contributed by atoms with Crippen molar-refractivity contribution in [3.8, 4) is 5.75 Å². The quantitative estimate of drug-likeness (QED) is 0.240. The Morgan fingerprint density at radius 2 is 1.74 bits per heavy atom. The fourth-order valence-electron chi connectivity index (χ4n) is 6.43. The number of para-hydroxylation sites is 1. The number of amides is 2. The molecule has 1 heterocycles. The topological polar surface area (TPSA) is 109 Å². The predicted molar refractivity (Wildman–Crippen MR) is 142 cm³/mol. The lowest BCUT2D eigenvalue weighted by molar-refractivity contribution is -0.123. The van der Waals surface area contributed by atoms with Gasteiger partial charge in [0, 0.05) is 34.3 Å². The van der Waals surface area contributed by atoms with Crippen LogP contribution < -0.4 is 4.90 Å². The van der Waals surface area contributed by atoms with Gasteiger partial charge >= 0.3 is 0 Å². The molecule has 4 aliphatic rings. The molecule has 1 aliphatic heterocycles. The highest BCUT2D eigenvalue weighted by Gasteiger charge is 2.57. The van der Waals surface area contributed by atoms with Crippen LogP contribution in [0.3, 0.4) is 0 Å². The summed E-state index contributed by atoms with van der Waals surface area (Å²) < 4.78 is 14.6. The van der Waals surface area contributed by atoms with Crippen LogP contribution in [-0.2, 0) is 19.2 Å². The van der Waals surface area contributed by atoms with Crippen LogP contribution in [0.1, 0.15) is 41.6 Å². The molecule has 1 N–H and O–H groups in total. The molecule has 0 radical (unpaired) electrons. The number of anilines is 1. The number of halogens is 2. The minimum Gasteiger partial charge on any atom is -0.505 e. The number of phenols is 1. The van der Waals surface area contributed by atoms with Gasteiger partial charge in [-0.1, -0.05) is 23.8 Å². The number of hydrogen-bond acceptors (Lipinski definition) is 6. The maximum Gasteiger partial charge on any atom is 0.238 e. The minimum absolute atomic E-state index is 0.0541. The summed E-state index contributed by atoms with van der Waals surface area (Å²) in [6, 6.07) is 10.2. The van der Waals surface area contributed by atoms with Gasteiger partial charge in [-0.2, -0.15) is 0 Å². The fourth-order valence-corrected chi connectivity index (χ4v) is 6.87. The van der Waals surface area contributed by atoms with Crippen molar-refractivity contribution in [1.82, 2.24) is 0 Å². The first-order valence-electron chi connectivity index (χ1n) is 12.5. The highest BCUT2D eigenvalue weighted by atomic mass is 79.9. The van der Waals surface area contributed by atoms with Crippen molar-refractivity contribution < 1.29 is 33.5 Å². The van der Waals surface area contributed by atoms with E-state index in [2.05, 4.69) is 15.9 Å². The van der Waals surface area contributed by atoms with Gasteiger partial charge in [-0.25, -0.2) is 4.39 Å². The van der Waals surface area contributed by atoms with E-state index in [0.29, 0.717) is 16.8 Å². The highest BCUT2D eigenvalue weighted by Crippen LogP contribution is 2.56. The Bertz CT molecular complexity index is 1620. The SMILES string of the molecule is CC(=O)c1ccc(N2C(=O)[C@H]3[C@H](CC=C4[C@H](c5cccc(F)c5O)C5=C(C[C@H]43)C(=O)C(Br)=CC5=O)C2=O)cc1. The maximum absolute atomic E-state index is 14.5. The Hall–Kier alpha value is -3.98. The van der Waals surface area contributed by atoms with Crippen LogP contribution >= 0.6 is 15.9 Å². The van der Waals surface area contributed by atoms with Crippen LogP contribution in [0.15, 0.2) is 75.8 Å². The molecule has 0 aromatic heterocycles. The summed E-state index contributed by atoms with van der Waals surface area (Å²) in [6.07, 6.45) is 3.23.